The Balaban J connectivity index is 1.97. The second-order valence-electron chi connectivity index (χ2n) is 7.45. The zero-order chi connectivity index (χ0) is 21.1. The van der Waals surface area contributed by atoms with Crippen molar-refractivity contribution in [3.05, 3.63) is 65.1 Å². The summed E-state index contributed by atoms with van der Waals surface area (Å²) >= 11 is 0. The maximum atomic E-state index is 13.3. The summed E-state index contributed by atoms with van der Waals surface area (Å²) in [6.07, 6.45) is 2.09. The number of Topliss-reactive ketones (excluding diaryl/α,β-unsaturated/α-hetero) is 1. The van der Waals surface area contributed by atoms with Crippen molar-refractivity contribution in [2.45, 2.75) is 40.0 Å². The quantitative estimate of drug-likeness (QED) is 0.558. The van der Waals surface area contributed by atoms with Crippen LogP contribution in [0.5, 0.6) is 5.75 Å². The van der Waals surface area contributed by atoms with Crippen molar-refractivity contribution < 1.29 is 19.4 Å². The van der Waals surface area contributed by atoms with Gasteiger partial charge in [0.15, 0.2) is 17.2 Å². The normalized spacial score (nSPS) is 12.3. The lowest BCUT2D eigenvalue weighted by Gasteiger charge is -2.21. The molecule has 0 aliphatic carbocycles. The van der Waals surface area contributed by atoms with Gasteiger partial charge in [-0.3, -0.25) is 9.20 Å². The molecular formula is C23H26N2O4. The molecule has 3 aromatic rings. The number of hydrogen-bond donors (Lipinski definition) is 1. The van der Waals surface area contributed by atoms with Gasteiger partial charge < -0.3 is 9.84 Å². The number of ether oxygens (including phenoxy) is 1. The maximum absolute atomic E-state index is 13.3. The fraction of sp³-hybridized carbons (Fsp3) is 0.348. The highest BCUT2D eigenvalue weighted by molar-refractivity contribution is 5.97. The first kappa shape index (κ1) is 20.6. The van der Waals surface area contributed by atoms with Crippen molar-refractivity contribution in [3.63, 3.8) is 0 Å². The highest BCUT2D eigenvalue weighted by Gasteiger charge is 2.25. The maximum Gasteiger partial charge on any atom is 0.335 e. The Kier molecular flexibility index (Phi) is 6.01. The molecule has 3 rings (SSSR count). The minimum Gasteiger partial charge on any atom is -0.490 e. The second kappa shape index (κ2) is 8.47. The smallest absolute Gasteiger partial charge is 0.335 e. The number of fused-ring (bicyclic) bond motifs is 1. The van der Waals surface area contributed by atoms with E-state index in [-0.39, 0.29) is 29.6 Å². The Hall–Kier alpha value is -3.15. The van der Waals surface area contributed by atoms with E-state index in [1.165, 1.54) is 0 Å². The Labute approximate surface area is 170 Å². The molecule has 29 heavy (non-hydrogen) atoms. The molecule has 0 amide bonds. The van der Waals surface area contributed by atoms with Crippen LogP contribution in [0.2, 0.25) is 0 Å². The number of aryl methyl sites for hydroxylation is 1. The third-order valence-electron chi connectivity index (χ3n) is 5.12. The number of hydrogen-bond acceptors (Lipinski definition) is 4. The van der Waals surface area contributed by atoms with Crippen LogP contribution in [-0.2, 0) is 0 Å². The van der Waals surface area contributed by atoms with Crippen LogP contribution in [0.15, 0.2) is 42.6 Å². The number of carboxylic acids is 1. The lowest BCUT2D eigenvalue weighted by atomic mass is 9.83. The zero-order valence-corrected chi connectivity index (χ0v) is 17.2. The second-order valence-corrected chi connectivity index (χ2v) is 7.45. The van der Waals surface area contributed by atoms with Crippen LogP contribution in [0.1, 0.15) is 65.2 Å². The summed E-state index contributed by atoms with van der Waals surface area (Å²) in [4.78, 5) is 29.2. The van der Waals surface area contributed by atoms with Gasteiger partial charge in [-0.05, 0) is 55.5 Å². The minimum absolute atomic E-state index is 0.0249. The molecule has 6 heteroatoms. The van der Waals surface area contributed by atoms with Crippen molar-refractivity contribution in [2.24, 2.45) is 5.92 Å². The number of pyridine rings is 1. The molecule has 0 radical (unpaired) electrons. The Morgan fingerprint density at radius 3 is 2.62 bits per heavy atom. The van der Waals surface area contributed by atoms with Crippen LogP contribution in [0.25, 0.3) is 5.65 Å². The monoisotopic (exact) mass is 394 g/mol. The Morgan fingerprint density at radius 1 is 1.21 bits per heavy atom. The zero-order valence-electron chi connectivity index (χ0n) is 17.2. The van der Waals surface area contributed by atoms with Crippen molar-refractivity contribution in [3.8, 4) is 5.75 Å². The molecule has 0 fully saturated rings. The number of ketones is 1. The molecule has 2 aromatic heterocycles. The van der Waals surface area contributed by atoms with Crippen LogP contribution in [-0.4, -0.2) is 32.9 Å². The van der Waals surface area contributed by atoms with Crippen molar-refractivity contribution >= 4 is 17.4 Å². The van der Waals surface area contributed by atoms with Gasteiger partial charge in [0.25, 0.3) is 0 Å². The van der Waals surface area contributed by atoms with Crippen molar-refractivity contribution in [1.29, 1.82) is 0 Å². The highest BCUT2D eigenvalue weighted by Crippen LogP contribution is 2.31. The molecule has 0 aliphatic heterocycles. The molecule has 0 bridgehead atoms. The third-order valence-corrected chi connectivity index (χ3v) is 5.12. The van der Waals surface area contributed by atoms with E-state index in [0.29, 0.717) is 29.4 Å². The molecule has 2 heterocycles. The average molecular weight is 394 g/mol. The molecule has 6 nitrogen and oxygen atoms in total. The third kappa shape index (κ3) is 4.16. The van der Waals surface area contributed by atoms with E-state index in [9.17, 15) is 14.7 Å². The molecule has 0 aliphatic rings. The van der Waals surface area contributed by atoms with Gasteiger partial charge in [0, 0.05) is 12.6 Å². The number of imidazole rings is 1. The molecule has 1 atom stereocenters. The number of rotatable bonds is 8. The summed E-state index contributed by atoms with van der Waals surface area (Å²) in [5.74, 6) is -0.278. The first-order valence-electron chi connectivity index (χ1n) is 9.80. The van der Waals surface area contributed by atoms with Gasteiger partial charge in [0.2, 0.25) is 0 Å². The van der Waals surface area contributed by atoms with E-state index in [2.05, 4.69) is 4.98 Å². The van der Waals surface area contributed by atoms with Crippen LogP contribution < -0.4 is 4.74 Å². The van der Waals surface area contributed by atoms with Crippen LogP contribution in [0.3, 0.4) is 0 Å². The topological polar surface area (TPSA) is 80.9 Å². The molecule has 0 saturated heterocycles. The summed E-state index contributed by atoms with van der Waals surface area (Å²) in [7, 11) is 0. The standard InChI is InChI=1S/C23H26N2O4/c1-5-29-20-10-7-11-25-21(15(4)24-22(20)25)19(26)13-18(14(2)3)16-8-6-9-17(12-16)23(27)28/h6-12,14,18H,5,13H2,1-4H3,(H,27,28)/t18-/m0/s1. The van der Waals surface area contributed by atoms with Gasteiger partial charge in [0.1, 0.15) is 5.69 Å². The Bertz CT molecular complexity index is 1050. The highest BCUT2D eigenvalue weighted by atomic mass is 16.5. The van der Waals surface area contributed by atoms with Crippen LogP contribution in [0.4, 0.5) is 0 Å². The molecule has 1 aromatic carbocycles. The number of benzene rings is 1. The van der Waals surface area contributed by atoms with Crippen molar-refractivity contribution in [2.75, 3.05) is 6.61 Å². The van der Waals surface area contributed by atoms with Gasteiger partial charge in [-0.2, -0.15) is 0 Å². The summed E-state index contributed by atoms with van der Waals surface area (Å²) < 4.78 is 7.43. The van der Waals surface area contributed by atoms with E-state index in [1.54, 1.807) is 22.6 Å². The Morgan fingerprint density at radius 2 is 1.97 bits per heavy atom. The fourth-order valence-electron chi connectivity index (χ4n) is 3.70. The van der Waals surface area contributed by atoms with Gasteiger partial charge in [0.05, 0.1) is 17.9 Å². The number of aromatic carboxylic acids is 1. The summed E-state index contributed by atoms with van der Waals surface area (Å²) in [6, 6.07) is 10.5. The molecule has 0 spiro atoms. The van der Waals surface area contributed by atoms with E-state index in [0.717, 1.165) is 5.56 Å². The summed E-state index contributed by atoms with van der Waals surface area (Å²) in [5.41, 5.74) is 2.91. The summed E-state index contributed by atoms with van der Waals surface area (Å²) in [6.45, 7) is 8.33. The molecule has 0 unspecified atom stereocenters. The van der Waals surface area contributed by atoms with Gasteiger partial charge in [-0.1, -0.05) is 26.0 Å². The van der Waals surface area contributed by atoms with Gasteiger partial charge in [-0.15, -0.1) is 0 Å². The number of carboxylic acid groups (broad SMARTS) is 1. The minimum atomic E-state index is -0.971. The van der Waals surface area contributed by atoms with E-state index in [1.807, 2.05) is 52.1 Å². The molecule has 0 saturated carbocycles. The number of carbonyl (C=O) groups is 2. The molecular weight excluding hydrogens is 368 g/mol. The number of carbonyl (C=O) groups excluding carboxylic acids is 1. The molecule has 1 N–H and O–H groups in total. The predicted molar refractivity (Wildman–Crippen MR) is 111 cm³/mol. The van der Waals surface area contributed by atoms with Gasteiger partial charge in [-0.25, -0.2) is 9.78 Å². The fourth-order valence-corrected chi connectivity index (χ4v) is 3.70. The summed E-state index contributed by atoms with van der Waals surface area (Å²) in [5, 5.41) is 9.30. The largest absolute Gasteiger partial charge is 0.490 e. The SMILES string of the molecule is CCOc1cccn2c(C(=O)C[C@H](c3cccc(C(=O)O)c3)C(C)C)c(C)nc12. The number of nitrogens with zero attached hydrogens (tertiary/aromatic N) is 2. The van der Waals surface area contributed by atoms with Crippen LogP contribution in [0, 0.1) is 12.8 Å². The van der Waals surface area contributed by atoms with Crippen LogP contribution >= 0.6 is 0 Å². The lowest BCUT2D eigenvalue weighted by molar-refractivity contribution is 0.0696. The van der Waals surface area contributed by atoms with E-state index in [4.69, 9.17) is 4.74 Å². The predicted octanol–water partition coefficient (Wildman–Crippen LogP) is 4.75. The molecule has 152 valence electrons. The first-order valence-corrected chi connectivity index (χ1v) is 9.80. The van der Waals surface area contributed by atoms with E-state index < -0.39 is 5.97 Å². The first-order chi connectivity index (χ1) is 13.8. The average Bonchev–Trinajstić information content (AvgIpc) is 3.03. The number of aromatic nitrogens is 2. The lowest BCUT2D eigenvalue weighted by Crippen LogP contribution is -2.15. The van der Waals surface area contributed by atoms with E-state index >= 15 is 0 Å². The van der Waals surface area contributed by atoms with Gasteiger partial charge >= 0.3 is 5.97 Å². The van der Waals surface area contributed by atoms with Crippen molar-refractivity contribution in [1.82, 2.24) is 9.38 Å².